The summed E-state index contributed by atoms with van der Waals surface area (Å²) in [6.07, 6.45) is 0. The average molecular weight is 411 g/mol. The van der Waals surface area contributed by atoms with Gasteiger partial charge in [0.15, 0.2) is 0 Å². The number of benzene rings is 1. The van der Waals surface area contributed by atoms with Crippen LogP contribution >= 0.6 is 34.8 Å². The van der Waals surface area contributed by atoms with Crippen molar-refractivity contribution in [3.05, 3.63) is 27.2 Å². The fourth-order valence-electron chi connectivity index (χ4n) is 1.62. The monoisotopic (exact) mass is 409 g/mol. The van der Waals surface area contributed by atoms with E-state index in [9.17, 15) is 16.8 Å². The number of halogens is 3. The predicted octanol–water partition coefficient (Wildman–Crippen LogP) is 2.93. The first-order chi connectivity index (χ1) is 9.91. The van der Waals surface area contributed by atoms with Crippen molar-refractivity contribution in [2.24, 2.45) is 0 Å². The van der Waals surface area contributed by atoms with Crippen molar-refractivity contribution in [3.8, 4) is 0 Å². The van der Waals surface area contributed by atoms with E-state index in [1.165, 1.54) is 19.9 Å². The standard InChI is InChI=1S/C11H14Cl3NO5S2/c1-3-15(6-7(2)22(18,19)20)21(16,17)11-5-9(13)8(12)4-10(11)14/h4-5,7H,3,6H2,1-2H3,(H,18,19,20). The molecule has 0 aliphatic carbocycles. The molecule has 1 N–H and O–H groups in total. The third-order valence-corrected chi connectivity index (χ3v) is 7.21. The van der Waals surface area contributed by atoms with Crippen molar-refractivity contribution in [2.75, 3.05) is 13.1 Å². The molecule has 1 rings (SSSR count). The Balaban J connectivity index is 3.29. The molecule has 0 saturated carbocycles. The predicted molar refractivity (Wildman–Crippen MR) is 86.9 cm³/mol. The topological polar surface area (TPSA) is 91.8 Å². The molecule has 0 radical (unpaired) electrons. The molecule has 126 valence electrons. The van der Waals surface area contributed by atoms with Crippen molar-refractivity contribution < 1.29 is 21.4 Å². The molecule has 0 aliphatic heterocycles. The molecular formula is C11H14Cl3NO5S2. The van der Waals surface area contributed by atoms with Crippen LogP contribution in [0.15, 0.2) is 17.0 Å². The highest BCUT2D eigenvalue weighted by Gasteiger charge is 2.30. The van der Waals surface area contributed by atoms with E-state index in [0.717, 1.165) is 10.4 Å². The number of hydrogen-bond donors (Lipinski definition) is 1. The van der Waals surface area contributed by atoms with Crippen LogP contribution in [0.3, 0.4) is 0 Å². The van der Waals surface area contributed by atoms with Crippen LogP contribution < -0.4 is 0 Å². The van der Waals surface area contributed by atoms with Gasteiger partial charge in [0.2, 0.25) is 10.0 Å². The summed E-state index contributed by atoms with van der Waals surface area (Å²) < 4.78 is 57.2. The second kappa shape index (κ2) is 7.21. The lowest BCUT2D eigenvalue weighted by atomic mass is 10.4. The molecule has 0 fully saturated rings. The lowest BCUT2D eigenvalue weighted by Gasteiger charge is -2.23. The Bertz CT molecular complexity index is 764. The Labute approximate surface area is 144 Å². The molecule has 1 unspecified atom stereocenters. The molecule has 0 bridgehead atoms. The van der Waals surface area contributed by atoms with E-state index in [1.54, 1.807) is 0 Å². The molecule has 22 heavy (non-hydrogen) atoms. The molecule has 0 amide bonds. The van der Waals surface area contributed by atoms with Crippen molar-refractivity contribution in [1.29, 1.82) is 0 Å². The minimum Gasteiger partial charge on any atom is -0.285 e. The Hall–Kier alpha value is -0.0900. The van der Waals surface area contributed by atoms with Crippen LogP contribution in [-0.4, -0.2) is 44.0 Å². The van der Waals surface area contributed by atoms with Crippen molar-refractivity contribution in [2.45, 2.75) is 24.0 Å². The van der Waals surface area contributed by atoms with E-state index in [4.69, 9.17) is 39.4 Å². The van der Waals surface area contributed by atoms with Gasteiger partial charge in [0, 0.05) is 13.1 Å². The minimum atomic E-state index is -4.36. The summed E-state index contributed by atoms with van der Waals surface area (Å²) in [5, 5.41) is -1.32. The van der Waals surface area contributed by atoms with E-state index in [1.807, 2.05) is 0 Å². The highest BCUT2D eigenvalue weighted by molar-refractivity contribution is 7.89. The molecule has 0 aromatic heterocycles. The molecular weight excluding hydrogens is 397 g/mol. The molecule has 1 atom stereocenters. The van der Waals surface area contributed by atoms with Gasteiger partial charge in [0.1, 0.15) is 4.90 Å². The van der Waals surface area contributed by atoms with Crippen molar-refractivity contribution in [1.82, 2.24) is 4.31 Å². The number of sulfonamides is 1. The number of rotatable bonds is 6. The first kappa shape index (κ1) is 20.0. The molecule has 0 heterocycles. The van der Waals surface area contributed by atoms with E-state index in [0.29, 0.717) is 0 Å². The van der Waals surface area contributed by atoms with Crippen molar-refractivity contribution >= 4 is 54.9 Å². The van der Waals surface area contributed by atoms with E-state index < -0.39 is 31.9 Å². The van der Waals surface area contributed by atoms with Crippen LogP contribution in [0.5, 0.6) is 0 Å². The zero-order chi connectivity index (χ0) is 17.3. The lowest BCUT2D eigenvalue weighted by molar-refractivity contribution is 0.408. The molecule has 11 heteroatoms. The van der Waals surface area contributed by atoms with E-state index >= 15 is 0 Å². The summed E-state index contributed by atoms with van der Waals surface area (Å²) in [6, 6.07) is 2.29. The van der Waals surface area contributed by atoms with Crippen LogP contribution in [0.2, 0.25) is 15.1 Å². The summed E-state index contributed by atoms with van der Waals surface area (Å²) in [5.74, 6) is 0. The first-order valence-electron chi connectivity index (χ1n) is 6.02. The Morgan fingerprint density at radius 2 is 1.59 bits per heavy atom. The van der Waals surface area contributed by atoms with Gasteiger partial charge in [-0.1, -0.05) is 41.7 Å². The smallest absolute Gasteiger partial charge is 0.268 e. The summed E-state index contributed by atoms with van der Waals surface area (Å²) in [7, 11) is -8.46. The second-order valence-electron chi connectivity index (χ2n) is 4.48. The Morgan fingerprint density at radius 3 is 2.05 bits per heavy atom. The molecule has 6 nitrogen and oxygen atoms in total. The van der Waals surface area contributed by atoms with Gasteiger partial charge in [0.05, 0.1) is 20.3 Å². The lowest BCUT2D eigenvalue weighted by Crippen LogP contribution is -2.39. The van der Waals surface area contributed by atoms with Gasteiger partial charge in [0.25, 0.3) is 10.1 Å². The number of hydrogen-bond acceptors (Lipinski definition) is 4. The third-order valence-electron chi connectivity index (χ3n) is 2.91. The largest absolute Gasteiger partial charge is 0.285 e. The van der Waals surface area contributed by atoms with Gasteiger partial charge in [-0.3, -0.25) is 4.55 Å². The van der Waals surface area contributed by atoms with Crippen molar-refractivity contribution in [3.63, 3.8) is 0 Å². The first-order valence-corrected chi connectivity index (χ1v) is 10.1. The van der Waals surface area contributed by atoms with Crippen LogP contribution in [0.4, 0.5) is 0 Å². The summed E-state index contributed by atoms with van der Waals surface area (Å²) in [4.78, 5) is -0.284. The minimum absolute atomic E-state index is 0.00326. The van der Waals surface area contributed by atoms with E-state index in [2.05, 4.69) is 0 Å². The van der Waals surface area contributed by atoms with E-state index in [-0.39, 0.29) is 26.5 Å². The highest BCUT2D eigenvalue weighted by atomic mass is 35.5. The molecule has 0 aliphatic rings. The molecule has 0 spiro atoms. The van der Waals surface area contributed by atoms with Gasteiger partial charge >= 0.3 is 0 Å². The van der Waals surface area contributed by atoms with Crippen LogP contribution in [0, 0.1) is 0 Å². The van der Waals surface area contributed by atoms with Crippen LogP contribution in [0.1, 0.15) is 13.8 Å². The van der Waals surface area contributed by atoms with Gasteiger partial charge in [-0.25, -0.2) is 8.42 Å². The normalized spacial score (nSPS) is 14.3. The molecule has 1 aromatic carbocycles. The van der Waals surface area contributed by atoms with Crippen LogP contribution in [-0.2, 0) is 20.1 Å². The quantitative estimate of drug-likeness (QED) is 0.575. The molecule has 0 saturated heterocycles. The zero-order valence-corrected chi connectivity index (χ0v) is 15.5. The maximum absolute atomic E-state index is 12.6. The maximum Gasteiger partial charge on any atom is 0.268 e. The summed E-state index contributed by atoms with van der Waals surface area (Å²) in [6.45, 7) is 2.29. The summed E-state index contributed by atoms with van der Waals surface area (Å²) in [5.41, 5.74) is 0. The SMILES string of the molecule is CCN(CC(C)S(=O)(=O)O)S(=O)(=O)c1cc(Cl)c(Cl)cc1Cl. The maximum atomic E-state index is 12.6. The van der Waals surface area contributed by atoms with Gasteiger partial charge in [-0.05, 0) is 19.1 Å². The fraction of sp³-hybridized carbons (Fsp3) is 0.455. The zero-order valence-electron chi connectivity index (χ0n) is 11.6. The molecule has 1 aromatic rings. The van der Waals surface area contributed by atoms with Gasteiger partial charge < -0.3 is 0 Å². The average Bonchev–Trinajstić information content (AvgIpc) is 2.38. The van der Waals surface area contributed by atoms with Gasteiger partial charge in [-0.15, -0.1) is 0 Å². The Morgan fingerprint density at radius 1 is 1.09 bits per heavy atom. The number of nitrogens with zero attached hydrogens (tertiary/aromatic N) is 1. The fourth-order valence-corrected chi connectivity index (χ4v) is 4.60. The van der Waals surface area contributed by atoms with Gasteiger partial charge in [-0.2, -0.15) is 12.7 Å². The second-order valence-corrected chi connectivity index (χ2v) is 9.44. The van der Waals surface area contributed by atoms with Crippen LogP contribution in [0.25, 0.3) is 0 Å². The third kappa shape index (κ3) is 4.47. The highest BCUT2D eigenvalue weighted by Crippen LogP contribution is 2.33. The summed E-state index contributed by atoms with van der Waals surface area (Å²) >= 11 is 17.5. The Kier molecular flexibility index (Phi) is 6.54.